The van der Waals surface area contributed by atoms with Gasteiger partial charge in [-0.15, -0.1) is 0 Å². The molecule has 0 aromatic rings. The molecule has 0 radical (unpaired) electrons. The number of rotatable bonds is 0. The minimum atomic E-state index is -0.384. The Hall–Kier alpha value is -0.960. The van der Waals surface area contributed by atoms with Crippen molar-refractivity contribution in [3.8, 4) is 0 Å². The van der Waals surface area contributed by atoms with E-state index in [1.54, 1.807) is 0 Å². The zero-order valence-corrected chi connectivity index (χ0v) is 13.6. The van der Waals surface area contributed by atoms with Crippen LogP contribution in [0.4, 0.5) is 0 Å². The van der Waals surface area contributed by atoms with Crippen LogP contribution in [-0.2, 0) is 9.59 Å². The van der Waals surface area contributed by atoms with Crippen LogP contribution >= 0.6 is 0 Å². The van der Waals surface area contributed by atoms with E-state index in [9.17, 15) is 14.7 Å². The van der Waals surface area contributed by atoms with E-state index in [0.29, 0.717) is 36.9 Å². The van der Waals surface area contributed by atoms with Crippen LogP contribution in [0.2, 0.25) is 0 Å². The highest BCUT2D eigenvalue weighted by molar-refractivity contribution is 5.91. The summed E-state index contributed by atoms with van der Waals surface area (Å²) < 4.78 is 0. The number of ketones is 2. The van der Waals surface area contributed by atoms with Gasteiger partial charge in [0.1, 0.15) is 5.78 Å². The van der Waals surface area contributed by atoms with Crippen molar-refractivity contribution in [2.24, 2.45) is 28.6 Å². The number of Topliss-reactive ketones (excluding diaryl/α,β-unsaturated/α-hetero) is 1. The maximum Gasteiger partial charge on any atom is 0.155 e. The summed E-state index contributed by atoms with van der Waals surface area (Å²) in [6.45, 7) is 4.43. The van der Waals surface area contributed by atoms with Gasteiger partial charge in [-0.25, -0.2) is 0 Å². The van der Waals surface area contributed by atoms with E-state index < -0.39 is 0 Å². The van der Waals surface area contributed by atoms with Crippen molar-refractivity contribution >= 4 is 11.6 Å². The minimum absolute atomic E-state index is 0.0603. The van der Waals surface area contributed by atoms with Crippen LogP contribution in [0.1, 0.15) is 58.8 Å². The predicted octanol–water partition coefficient (Wildman–Crippen LogP) is 3.06. The summed E-state index contributed by atoms with van der Waals surface area (Å²) >= 11 is 0. The molecule has 0 bridgehead atoms. The molecule has 4 aliphatic carbocycles. The van der Waals surface area contributed by atoms with E-state index in [4.69, 9.17) is 0 Å². The molecule has 22 heavy (non-hydrogen) atoms. The number of carbonyl (C=O) groups excluding carboxylic acids is 2. The highest BCUT2D eigenvalue weighted by atomic mass is 16.3. The van der Waals surface area contributed by atoms with Crippen molar-refractivity contribution in [3.63, 3.8) is 0 Å². The molecule has 3 nitrogen and oxygen atoms in total. The third-order valence-corrected chi connectivity index (χ3v) is 7.69. The van der Waals surface area contributed by atoms with Crippen molar-refractivity contribution in [2.45, 2.75) is 64.9 Å². The predicted molar refractivity (Wildman–Crippen MR) is 83.1 cm³/mol. The minimum Gasteiger partial charge on any atom is -0.392 e. The lowest BCUT2D eigenvalue weighted by Gasteiger charge is -2.58. The summed E-state index contributed by atoms with van der Waals surface area (Å²) in [6, 6.07) is 0. The van der Waals surface area contributed by atoms with Crippen LogP contribution in [0.25, 0.3) is 0 Å². The fourth-order valence-corrected chi connectivity index (χ4v) is 6.30. The number of fused-ring (bicyclic) bond motifs is 5. The van der Waals surface area contributed by atoms with Crippen LogP contribution in [0.3, 0.4) is 0 Å². The first-order chi connectivity index (χ1) is 10.4. The first-order valence-electron chi connectivity index (χ1n) is 8.81. The molecule has 3 saturated carbocycles. The largest absolute Gasteiger partial charge is 0.392 e. The summed E-state index contributed by atoms with van der Waals surface area (Å²) in [4.78, 5) is 24.2. The number of hydrogen-bond donors (Lipinski definition) is 1. The molecular formula is C19H26O3. The van der Waals surface area contributed by atoms with E-state index in [0.717, 1.165) is 25.7 Å². The molecule has 0 saturated heterocycles. The second kappa shape index (κ2) is 4.53. The summed E-state index contributed by atoms with van der Waals surface area (Å²) in [6.07, 6.45) is 7.23. The Morgan fingerprint density at radius 3 is 2.55 bits per heavy atom. The molecule has 0 spiro atoms. The quantitative estimate of drug-likeness (QED) is 0.748. The number of carbonyl (C=O) groups is 2. The van der Waals surface area contributed by atoms with Gasteiger partial charge >= 0.3 is 0 Å². The third kappa shape index (κ3) is 1.72. The van der Waals surface area contributed by atoms with Gasteiger partial charge in [0.25, 0.3) is 0 Å². The van der Waals surface area contributed by atoms with Crippen LogP contribution in [-0.4, -0.2) is 22.8 Å². The Balaban J connectivity index is 1.75. The smallest absolute Gasteiger partial charge is 0.155 e. The van der Waals surface area contributed by atoms with Gasteiger partial charge in [0.15, 0.2) is 5.78 Å². The second-order valence-electron chi connectivity index (χ2n) is 8.53. The topological polar surface area (TPSA) is 54.4 Å². The van der Waals surface area contributed by atoms with Crippen LogP contribution in [0.15, 0.2) is 11.6 Å². The van der Waals surface area contributed by atoms with Crippen LogP contribution in [0.5, 0.6) is 0 Å². The highest BCUT2D eigenvalue weighted by Crippen LogP contribution is 2.64. The average molecular weight is 302 g/mol. The van der Waals surface area contributed by atoms with Crippen molar-refractivity contribution in [1.29, 1.82) is 0 Å². The highest BCUT2D eigenvalue weighted by Gasteiger charge is 2.61. The summed E-state index contributed by atoms with van der Waals surface area (Å²) in [7, 11) is 0. The molecule has 4 rings (SSSR count). The van der Waals surface area contributed by atoms with E-state index >= 15 is 0 Å². The van der Waals surface area contributed by atoms with E-state index in [1.165, 1.54) is 5.57 Å². The fraction of sp³-hybridized carbons (Fsp3) is 0.789. The second-order valence-corrected chi connectivity index (χ2v) is 8.53. The number of aliphatic hydroxyl groups excluding tert-OH is 1. The molecule has 4 aliphatic rings. The van der Waals surface area contributed by atoms with Gasteiger partial charge in [-0.1, -0.05) is 19.4 Å². The fourth-order valence-electron chi connectivity index (χ4n) is 6.30. The standard InChI is InChI=1S/C19H26O3/c1-18-7-5-12(20)9-11(18)10-15(21)17-13-3-4-16(22)19(13,2)8-6-14(17)18/h9,13-15,17,21H,3-8,10H2,1-2H3/t13?,14?,15-,17?,18?,19?/m1/s1. The SMILES string of the molecule is CC12CCC3C(C1CCC2=O)[C@H](O)CC1=CC(=O)CCC13C. The molecule has 1 N–H and O–H groups in total. The molecule has 120 valence electrons. The van der Waals surface area contributed by atoms with Gasteiger partial charge in [-0.05, 0) is 61.3 Å². The van der Waals surface area contributed by atoms with Gasteiger partial charge in [0.2, 0.25) is 0 Å². The van der Waals surface area contributed by atoms with E-state index in [-0.39, 0.29) is 28.6 Å². The molecule has 0 aromatic carbocycles. The molecule has 0 heterocycles. The lowest BCUT2D eigenvalue weighted by Crippen LogP contribution is -2.55. The van der Waals surface area contributed by atoms with Gasteiger partial charge in [-0.2, -0.15) is 0 Å². The number of aliphatic hydroxyl groups is 1. The molecule has 0 amide bonds. The Labute approximate surface area is 132 Å². The third-order valence-electron chi connectivity index (χ3n) is 7.69. The Morgan fingerprint density at radius 2 is 1.77 bits per heavy atom. The van der Waals surface area contributed by atoms with Gasteiger partial charge in [0.05, 0.1) is 6.10 Å². The normalized spacial score (nSPS) is 51.0. The van der Waals surface area contributed by atoms with E-state index in [2.05, 4.69) is 13.8 Å². The lowest BCUT2D eigenvalue weighted by atomic mass is 9.47. The van der Waals surface area contributed by atoms with Crippen molar-refractivity contribution in [1.82, 2.24) is 0 Å². The van der Waals surface area contributed by atoms with Crippen molar-refractivity contribution in [2.75, 3.05) is 0 Å². The molecule has 5 unspecified atom stereocenters. The van der Waals surface area contributed by atoms with E-state index in [1.807, 2.05) is 6.08 Å². The lowest BCUT2D eigenvalue weighted by molar-refractivity contribution is -0.139. The average Bonchev–Trinajstić information content (AvgIpc) is 2.77. The molecule has 6 atom stereocenters. The molecule has 3 fully saturated rings. The zero-order valence-electron chi connectivity index (χ0n) is 13.6. The maximum absolute atomic E-state index is 12.4. The maximum atomic E-state index is 12.4. The summed E-state index contributed by atoms with van der Waals surface area (Å²) in [5.74, 6) is 1.63. The van der Waals surface area contributed by atoms with Crippen LogP contribution < -0.4 is 0 Å². The van der Waals surface area contributed by atoms with Gasteiger partial charge in [0, 0.05) is 18.3 Å². The molecule has 3 heteroatoms. The monoisotopic (exact) mass is 302 g/mol. The van der Waals surface area contributed by atoms with Crippen molar-refractivity contribution in [3.05, 3.63) is 11.6 Å². The number of hydrogen-bond acceptors (Lipinski definition) is 3. The molecule has 0 aromatic heterocycles. The Kier molecular flexibility index (Phi) is 3.01. The first kappa shape index (κ1) is 14.6. The molecule has 0 aliphatic heterocycles. The molecular weight excluding hydrogens is 276 g/mol. The summed E-state index contributed by atoms with van der Waals surface area (Å²) in [5.41, 5.74) is 1.03. The van der Waals surface area contributed by atoms with Gasteiger partial charge < -0.3 is 5.11 Å². The van der Waals surface area contributed by atoms with Gasteiger partial charge in [-0.3, -0.25) is 9.59 Å². The summed E-state index contributed by atoms with van der Waals surface area (Å²) in [5, 5.41) is 10.8. The van der Waals surface area contributed by atoms with Crippen molar-refractivity contribution < 1.29 is 14.7 Å². The zero-order chi connectivity index (χ0) is 15.7. The Morgan fingerprint density at radius 1 is 1.05 bits per heavy atom. The Bertz CT molecular complexity index is 577. The first-order valence-corrected chi connectivity index (χ1v) is 8.81. The van der Waals surface area contributed by atoms with Crippen LogP contribution in [0, 0.1) is 28.6 Å².